The first kappa shape index (κ1) is 13.2. The van der Waals surface area contributed by atoms with Gasteiger partial charge >= 0.3 is 5.97 Å². The van der Waals surface area contributed by atoms with E-state index in [0.29, 0.717) is 11.3 Å². The van der Waals surface area contributed by atoms with Gasteiger partial charge in [0.05, 0.1) is 12.7 Å². The minimum atomic E-state index is -0.521. The molecule has 2 N–H and O–H groups in total. The second-order valence-electron chi connectivity index (χ2n) is 4.69. The summed E-state index contributed by atoms with van der Waals surface area (Å²) in [5.41, 5.74) is 2.62. The summed E-state index contributed by atoms with van der Waals surface area (Å²) in [5, 5.41) is 5.93. The van der Waals surface area contributed by atoms with Gasteiger partial charge < -0.3 is 15.4 Å². The number of esters is 1. The maximum absolute atomic E-state index is 12.1. The van der Waals surface area contributed by atoms with Crippen molar-refractivity contribution in [3.63, 3.8) is 0 Å². The SMILES string of the molecule is COC(=O)c1ccccc1NC1C(=O)Nc2ccccc21. The van der Waals surface area contributed by atoms with Gasteiger partial charge in [-0.15, -0.1) is 0 Å². The minimum absolute atomic E-state index is 0.143. The molecule has 5 heteroatoms. The first-order chi connectivity index (χ1) is 10.2. The Hall–Kier alpha value is -2.82. The molecule has 1 unspecified atom stereocenters. The van der Waals surface area contributed by atoms with E-state index in [4.69, 9.17) is 4.74 Å². The zero-order valence-corrected chi connectivity index (χ0v) is 11.4. The molecule has 0 saturated heterocycles. The van der Waals surface area contributed by atoms with Crippen molar-refractivity contribution in [3.05, 3.63) is 59.7 Å². The van der Waals surface area contributed by atoms with E-state index in [-0.39, 0.29) is 5.91 Å². The van der Waals surface area contributed by atoms with Gasteiger partial charge in [0.1, 0.15) is 6.04 Å². The number of rotatable bonds is 3. The number of ether oxygens (including phenoxy) is 1. The van der Waals surface area contributed by atoms with Crippen molar-refractivity contribution in [1.82, 2.24) is 0 Å². The Morgan fingerprint density at radius 1 is 1.14 bits per heavy atom. The lowest BCUT2D eigenvalue weighted by Crippen LogP contribution is -2.21. The summed E-state index contributed by atoms with van der Waals surface area (Å²) in [6.07, 6.45) is 0. The highest BCUT2D eigenvalue weighted by Gasteiger charge is 2.30. The fourth-order valence-corrected chi connectivity index (χ4v) is 2.40. The summed E-state index contributed by atoms with van der Waals surface area (Å²) in [4.78, 5) is 23.9. The van der Waals surface area contributed by atoms with Crippen LogP contribution in [0.5, 0.6) is 0 Å². The Balaban J connectivity index is 1.95. The van der Waals surface area contributed by atoms with E-state index in [2.05, 4.69) is 10.6 Å². The number of nitrogens with one attached hydrogen (secondary N) is 2. The number of hydrogen-bond donors (Lipinski definition) is 2. The summed E-state index contributed by atoms with van der Waals surface area (Å²) in [5.74, 6) is -0.583. The highest BCUT2D eigenvalue weighted by molar-refractivity contribution is 6.05. The van der Waals surface area contributed by atoms with Crippen LogP contribution in [0.3, 0.4) is 0 Å². The predicted octanol–water partition coefficient (Wildman–Crippen LogP) is 2.58. The lowest BCUT2D eigenvalue weighted by atomic mass is 10.1. The van der Waals surface area contributed by atoms with Gasteiger partial charge in [0, 0.05) is 16.9 Å². The maximum atomic E-state index is 12.1. The molecule has 2 aromatic rings. The molecule has 0 spiro atoms. The molecule has 0 saturated carbocycles. The van der Waals surface area contributed by atoms with E-state index in [1.165, 1.54) is 7.11 Å². The molecule has 2 aromatic carbocycles. The molecule has 5 nitrogen and oxygen atoms in total. The normalized spacial score (nSPS) is 16.0. The molecule has 1 aliphatic rings. The average Bonchev–Trinajstić information content (AvgIpc) is 2.83. The number of benzene rings is 2. The third kappa shape index (κ3) is 2.33. The summed E-state index contributed by atoms with van der Waals surface area (Å²) < 4.78 is 4.76. The van der Waals surface area contributed by atoms with Crippen molar-refractivity contribution in [1.29, 1.82) is 0 Å². The van der Waals surface area contributed by atoms with Gasteiger partial charge in [-0.1, -0.05) is 30.3 Å². The molecular formula is C16H14N2O3. The van der Waals surface area contributed by atoms with Crippen LogP contribution in [0.4, 0.5) is 11.4 Å². The smallest absolute Gasteiger partial charge is 0.339 e. The second kappa shape index (κ2) is 5.28. The van der Waals surface area contributed by atoms with Crippen molar-refractivity contribution < 1.29 is 14.3 Å². The molecule has 0 radical (unpaired) electrons. The summed E-state index contributed by atoms with van der Waals surface area (Å²) in [7, 11) is 1.33. The van der Waals surface area contributed by atoms with Crippen molar-refractivity contribution in [3.8, 4) is 0 Å². The molecule has 0 aromatic heterocycles. The number of amides is 1. The van der Waals surface area contributed by atoms with E-state index >= 15 is 0 Å². The lowest BCUT2D eigenvalue weighted by Gasteiger charge is -2.15. The van der Waals surface area contributed by atoms with Crippen LogP contribution >= 0.6 is 0 Å². The fraction of sp³-hybridized carbons (Fsp3) is 0.125. The quantitative estimate of drug-likeness (QED) is 0.849. The summed E-state index contributed by atoms with van der Waals surface area (Å²) in [6, 6.07) is 13.9. The first-order valence-corrected chi connectivity index (χ1v) is 6.54. The van der Waals surface area contributed by atoms with Gasteiger partial charge in [-0.05, 0) is 18.2 Å². The average molecular weight is 282 g/mol. The summed E-state index contributed by atoms with van der Waals surface area (Å²) in [6.45, 7) is 0. The number of anilines is 2. The minimum Gasteiger partial charge on any atom is -0.465 e. The topological polar surface area (TPSA) is 67.4 Å². The van der Waals surface area contributed by atoms with Crippen LogP contribution in [-0.2, 0) is 9.53 Å². The zero-order chi connectivity index (χ0) is 14.8. The van der Waals surface area contributed by atoms with Gasteiger partial charge in [0.15, 0.2) is 0 Å². The van der Waals surface area contributed by atoms with Crippen molar-refractivity contribution in [2.24, 2.45) is 0 Å². The van der Waals surface area contributed by atoms with Crippen molar-refractivity contribution >= 4 is 23.3 Å². The molecular weight excluding hydrogens is 268 g/mol. The Kier molecular flexibility index (Phi) is 3.31. The second-order valence-corrected chi connectivity index (χ2v) is 4.69. The largest absolute Gasteiger partial charge is 0.465 e. The third-order valence-electron chi connectivity index (χ3n) is 3.42. The Labute approximate surface area is 121 Å². The standard InChI is InChI=1S/C16H14N2O3/c1-21-16(20)11-7-3-5-9-13(11)17-14-10-6-2-4-8-12(10)18-15(14)19/h2-9,14,17H,1H3,(H,18,19). The van der Waals surface area contributed by atoms with Crippen LogP contribution in [0.25, 0.3) is 0 Å². The van der Waals surface area contributed by atoms with Gasteiger partial charge in [-0.2, -0.15) is 0 Å². The molecule has 3 rings (SSSR count). The molecule has 0 bridgehead atoms. The van der Waals surface area contributed by atoms with Crippen molar-refractivity contribution in [2.45, 2.75) is 6.04 Å². The number of para-hydroxylation sites is 2. The molecule has 1 heterocycles. The van der Waals surface area contributed by atoms with Crippen LogP contribution in [0, 0.1) is 0 Å². The van der Waals surface area contributed by atoms with Crippen LogP contribution < -0.4 is 10.6 Å². The molecule has 0 aliphatic carbocycles. The zero-order valence-electron chi connectivity index (χ0n) is 11.4. The molecule has 1 atom stereocenters. The molecule has 106 valence electrons. The number of carbonyl (C=O) groups excluding carboxylic acids is 2. The van der Waals surface area contributed by atoms with E-state index in [1.54, 1.807) is 24.3 Å². The summed E-state index contributed by atoms with van der Waals surface area (Å²) >= 11 is 0. The maximum Gasteiger partial charge on any atom is 0.339 e. The van der Waals surface area contributed by atoms with Gasteiger partial charge in [-0.25, -0.2) is 4.79 Å². The van der Waals surface area contributed by atoms with Crippen molar-refractivity contribution in [2.75, 3.05) is 17.7 Å². The molecule has 0 fully saturated rings. The van der Waals surface area contributed by atoms with E-state index in [1.807, 2.05) is 24.3 Å². The molecule has 21 heavy (non-hydrogen) atoms. The fourth-order valence-electron chi connectivity index (χ4n) is 2.40. The van der Waals surface area contributed by atoms with Crippen LogP contribution in [-0.4, -0.2) is 19.0 Å². The Morgan fingerprint density at radius 3 is 2.67 bits per heavy atom. The third-order valence-corrected chi connectivity index (χ3v) is 3.42. The number of hydrogen-bond acceptors (Lipinski definition) is 4. The number of methoxy groups -OCH3 is 1. The van der Waals surface area contributed by atoms with E-state index in [0.717, 1.165) is 11.3 Å². The number of fused-ring (bicyclic) bond motifs is 1. The first-order valence-electron chi connectivity index (χ1n) is 6.54. The highest BCUT2D eigenvalue weighted by atomic mass is 16.5. The predicted molar refractivity (Wildman–Crippen MR) is 79.2 cm³/mol. The number of carbonyl (C=O) groups is 2. The molecule has 1 aliphatic heterocycles. The van der Waals surface area contributed by atoms with Gasteiger partial charge in [0.25, 0.3) is 5.91 Å². The lowest BCUT2D eigenvalue weighted by molar-refractivity contribution is -0.116. The van der Waals surface area contributed by atoms with E-state index in [9.17, 15) is 9.59 Å². The highest BCUT2D eigenvalue weighted by Crippen LogP contribution is 2.33. The van der Waals surface area contributed by atoms with Crippen LogP contribution in [0.15, 0.2) is 48.5 Å². The monoisotopic (exact) mass is 282 g/mol. The van der Waals surface area contributed by atoms with Crippen LogP contribution in [0.1, 0.15) is 22.0 Å². The van der Waals surface area contributed by atoms with Gasteiger partial charge in [0.2, 0.25) is 0 Å². The Bertz CT molecular complexity index is 712. The molecule has 1 amide bonds. The van der Waals surface area contributed by atoms with Crippen LogP contribution in [0.2, 0.25) is 0 Å². The van der Waals surface area contributed by atoms with Gasteiger partial charge in [-0.3, -0.25) is 4.79 Å². The van der Waals surface area contributed by atoms with E-state index < -0.39 is 12.0 Å². The Morgan fingerprint density at radius 2 is 1.86 bits per heavy atom.